The fourth-order valence-electron chi connectivity index (χ4n) is 9.32. The van der Waals surface area contributed by atoms with Crippen molar-refractivity contribution in [3.63, 3.8) is 0 Å². The highest BCUT2D eigenvalue weighted by atomic mass is 16.6. The molecule has 0 heterocycles. The Hall–Kier alpha value is -2.89. The van der Waals surface area contributed by atoms with Crippen LogP contribution in [0, 0.1) is 0 Å². The summed E-state index contributed by atoms with van der Waals surface area (Å²) < 4.78 is 16.9. The van der Waals surface area contributed by atoms with Crippen LogP contribution >= 0.6 is 0 Å². The summed E-state index contributed by atoms with van der Waals surface area (Å²) >= 11 is 0. The molecule has 0 N–H and O–H groups in total. The van der Waals surface area contributed by atoms with Gasteiger partial charge in [-0.25, -0.2) is 0 Å². The van der Waals surface area contributed by atoms with E-state index in [9.17, 15) is 14.4 Å². The second-order valence-electron chi connectivity index (χ2n) is 21.7. The maximum Gasteiger partial charge on any atom is 0.306 e. The summed E-state index contributed by atoms with van der Waals surface area (Å²) in [4.78, 5) is 38.2. The Morgan fingerprint density at radius 1 is 0.270 bits per heavy atom. The molecule has 0 aliphatic heterocycles. The predicted molar refractivity (Wildman–Crippen MR) is 321 cm³/mol. The van der Waals surface area contributed by atoms with Crippen molar-refractivity contribution in [3.8, 4) is 0 Å². The van der Waals surface area contributed by atoms with E-state index in [-0.39, 0.29) is 31.1 Å². The highest BCUT2D eigenvalue weighted by Gasteiger charge is 2.19. The first-order chi connectivity index (χ1) is 36.5. The van der Waals surface area contributed by atoms with E-state index < -0.39 is 6.10 Å². The third-order valence-corrected chi connectivity index (χ3v) is 14.2. The van der Waals surface area contributed by atoms with Crippen molar-refractivity contribution in [2.45, 2.75) is 341 Å². The monoisotopic (exact) mass is 1030 g/mol. The van der Waals surface area contributed by atoms with Crippen LogP contribution in [0.1, 0.15) is 335 Å². The summed E-state index contributed by atoms with van der Waals surface area (Å²) in [6.45, 7) is 6.60. The molecule has 74 heavy (non-hydrogen) atoms. The number of allylic oxidation sites excluding steroid dienone is 10. The topological polar surface area (TPSA) is 78.9 Å². The van der Waals surface area contributed by atoms with Gasteiger partial charge in [0, 0.05) is 19.3 Å². The molecule has 6 heteroatoms. The van der Waals surface area contributed by atoms with Gasteiger partial charge in [-0.3, -0.25) is 14.4 Å². The summed E-state index contributed by atoms with van der Waals surface area (Å²) in [5.41, 5.74) is 0. The van der Waals surface area contributed by atoms with Crippen LogP contribution in [0.3, 0.4) is 0 Å². The van der Waals surface area contributed by atoms with E-state index in [2.05, 4.69) is 81.5 Å². The van der Waals surface area contributed by atoms with Gasteiger partial charge in [0.05, 0.1) is 0 Å². The standard InChI is InChI=1S/C68H122O6/c1-4-7-10-13-16-19-22-25-27-28-29-30-31-32-33-34-35-36-37-38-39-40-42-43-46-49-52-55-58-61-67(70)73-64-65(63-72-66(69)60-57-54-51-48-45-24-21-18-15-12-9-6-3)74-68(71)62-59-56-53-50-47-44-41-26-23-20-17-14-11-8-5-2/h17-18,20-22,25-26,28-29,41,65H,4-16,19,23-24,27,30-40,42-64H2,1-3H3/b20-17-,21-18-,25-22-,29-28-,41-26-. The molecule has 0 aliphatic rings. The van der Waals surface area contributed by atoms with Crippen LogP contribution in [0.15, 0.2) is 60.8 Å². The van der Waals surface area contributed by atoms with Gasteiger partial charge in [0.2, 0.25) is 0 Å². The average Bonchev–Trinajstić information content (AvgIpc) is 3.40. The molecule has 0 aliphatic carbocycles. The number of hydrogen-bond acceptors (Lipinski definition) is 6. The summed E-state index contributed by atoms with van der Waals surface area (Å²) in [5.74, 6) is -0.889. The van der Waals surface area contributed by atoms with E-state index in [4.69, 9.17) is 14.2 Å². The number of hydrogen-bond donors (Lipinski definition) is 0. The van der Waals surface area contributed by atoms with E-state index in [0.717, 1.165) is 96.3 Å². The van der Waals surface area contributed by atoms with Crippen LogP contribution in [-0.2, 0) is 28.6 Å². The first kappa shape index (κ1) is 71.1. The molecule has 0 saturated carbocycles. The maximum absolute atomic E-state index is 12.9. The van der Waals surface area contributed by atoms with E-state index in [0.29, 0.717) is 19.3 Å². The van der Waals surface area contributed by atoms with Gasteiger partial charge in [-0.15, -0.1) is 0 Å². The predicted octanol–water partition coefficient (Wildman–Crippen LogP) is 21.9. The fraction of sp³-hybridized carbons (Fsp3) is 0.809. The van der Waals surface area contributed by atoms with Crippen molar-refractivity contribution in [1.82, 2.24) is 0 Å². The van der Waals surface area contributed by atoms with Crippen LogP contribution in [0.5, 0.6) is 0 Å². The Morgan fingerprint density at radius 3 is 0.784 bits per heavy atom. The third-order valence-electron chi connectivity index (χ3n) is 14.2. The lowest BCUT2D eigenvalue weighted by Crippen LogP contribution is -2.30. The highest BCUT2D eigenvalue weighted by molar-refractivity contribution is 5.71. The van der Waals surface area contributed by atoms with Crippen molar-refractivity contribution in [2.24, 2.45) is 0 Å². The molecule has 6 nitrogen and oxygen atoms in total. The van der Waals surface area contributed by atoms with E-state index in [1.807, 2.05) is 0 Å². The Labute approximate surface area is 460 Å². The zero-order valence-corrected chi connectivity index (χ0v) is 49.4. The maximum atomic E-state index is 12.9. The van der Waals surface area contributed by atoms with Crippen LogP contribution in [0.25, 0.3) is 0 Å². The fourth-order valence-corrected chi connectivity index (χ4v) is 9.32. The van der Waals surface area contributed by atoms with Crippen LogP contribution < -0.4 is 0 Å². The molecule has 0 aromatic carbocycles. The van der Waals surface area contributed by atoms with Crippen molar-refractivity contribution >= 4 is 17.9 Å². The van der Waals surface area contributed by atoms with Gasteiger partial charge in [0.15, 0.2) is 6.10 Å². The number of rotatable bonds is 59. The molecule has 1 atom stereocenters. The minimum atomic E-state index is -0.784. The summed E-state index contributed by atoms with van der Waals surface area (Å²) in [5, 5.41) is 0. The largest absolute Gasteiger partial charge is 0.462 e. The minimum absolute atomic E-state index is 0.0800. The minimum Gasteiger partial charge on any atom is -0.462 e. The number of carbonyl (C=O) groups is 3. The van der Waals surface area contributed by atoms with Crippen molar-refractivity contribution in [3.05, 3.63) is 60.8 Å². The lowest BCUT2D eigenvalue weighted by Gasteiger charge is -2.18. The van der Waals surface area contributed by atoms with Gasteiger partial charge >= 0.3 is 17.9 Å². The molecular formula is C68H122O6. The third kappa shape index (κ3) is 60.0. The number of carbonyl (C=O) groups excluding carboxylic acids is 3. The lowest BCUT2D eigenvalue weighted by atomic mass is 10.0. The van der Waals surface area contributed by atoms with Gasteiger partial charge in [-0.2, -0.15) is 0 Å². The Morgan fingerprint density at radius 2 is 0.486 bits per heavy atom. The SMILES string of the molecule is CCCCC/C=C\C/C=C\CCCCCCCC(=O)OC(COC(=O)CCCCCCC/C=C\CCCCC)COC(=O)CCCCCCCCCCCCCCCCCCC/C=C\C/C=C\CCCCCCC. The Bertz CT molecular complexity index is 1330. The second kappa shape index (κ2) is 62.6. The van der Waals surface area contributed by atoms with Gasteiger partial charge in [-0.1, -0.05) is 268 Å². The zero-order chi connectivity index (χ0) is 53.6. The van der Waals surface area contributed by atoms with Crippen molar-refractivity contribution < 1.29 is 28.6 Å². The molecule has 0 fully saturated rings. The molecule has 0 amide bonds. The molecule has 0 radical (unpaired) electrons. The normalized spacial score (nSPS) is 12.4. The molecule has 0 aromatic heterocycles. The van der Waals surface area contributed by atoms with E-state index in [1.165, 1.54) is 199 Å². The quantitative estimate of drug-likeness (QED) is 0.0261. The number of esters is 3. The molecule has 0 bridgehead atoms. The first-order valence-electron chi connectivity index (χ1n) is 32.3. The average molecular weight is 1040 g/mol. The van der Waals surface area contributed by atoms with E-state index in [1.54, 1.807) is 0 Å². The van der Waals surface area contributed by atoms with Gasteiger partial charge in [0.25, 0.3) is 0 Å². The Balaban J connectivity index is 4.18. The molecule has 0 spiro atoms. The van der Waals surface area contributed by atoms with Crippen LogP contribution in [-0.4, -0.2) is 37.2 Å². The molecule has 430 valence electrons. The summed E-state index contributed by atoms with van der Waals surface area (Å²) in [6, 6.07) is 0. The number of unbranched alkanes of at least 4 members (excludes halogenated alkanes) is 38. The number of ether oxygens (including phenoxy) is 3. The van der Waals surface area contributed by atoms with E-state index >= 15 is 0 Å². The van der Waals surface area contributed by atoms with Crippen molar-refractivity contribution in [1.29, 1.82) is 0 Å². The lowest BCUT2D eigenvalue weighted by molar-refractivity contribution is -0.167. The van der Waals surface area contributed by atoms with Gasteiger partial charge in [-0.05, 0) is 109 Å². The molecule has 1 unspecified atom stereocenters. The molecular weight excluding hydrogens is 913 g/mol. The second-order valence-corrected chi connectivity index (χ2v) is 21.7. The Kier molecular flexibility index (Phi) is 60.2. The molecule has 0 rings (SSSR count). The molecule has 0 aromatic rings. The van der Waals surface area contributed by atoms with Gasteiger partial charge < -0.3 is 14.2 Å². The van der Waals surface area contributed by atoms with Crippen LogP contribution in [0.4, 0.5) is 0 Å². The zero-order valence-electron chi connectivity index (χ0n) is 49.4. The highest BCUT2D eigenvalue weighted by Crippen LogP contribution is 2.17. The smallest absolute Gasteiger partial charge is 0.306 e. The van der Waals surface area contributed by atoms with Gasteiger partial charge in [0.1, 0.15) is 13.2 Å². The van der Waals surface area contributed by atoms with Crippen molar-refractivity contribution in [2.75, 3.05) is 13.2 Å². The molecule has 0 saturated heterocycles. The summed E-state index contributed by atoms with van der Waals surface area (Å²) in [6.07, 6.45) is 79.5. The summed E-state index contributed by atoms with van der Waals surface area (Å²) in [7, 11) is 0. The first-order valence-corrected chi connectivity index (χ1v) is 32.3. The van der Waals surface area contributed by atoms with Crippen LogP contribution in [0.2, 0.25) is 0 Å².